The summed E-state index contributed by atoms with van der Waals surface area (Å²) in [6.07, 6.45) is 10.5. The average Bonchev–Trinajstić information content (AvgIpc) is 2.89. The van der Waals surface area contributed by atoms with Gasteiger partial charge in [0.05, 0.1) is 12.2 Å². The molecule has 2 N–H and O–H groups in total. The van der Waals surface area contributed by atoms with Gasteiger partial charge in [-0.1, -0.05) is 6.42 Å². The average molecular weight is 290 g/mol. The molecule has 1 aliphatic carbocycles. The molecule has 0 saturated carbocycles. The van der Waals surface area contributed by atoms with Crippen LogP contribution in [0.5, 0.6) is 0 Å². The lowest BCUT2D eigenvalue weighted by Gasteiger charge is -2.25. The zero-order chi connectivity index (χ0) is 14.7. The van der Waals surface area contributed by atoms with Gasteiger partial charge in [0, 0.05) is 30.8 Å². The van der Waals surface area contributed by atoms with Crippen LogP contribution in [0.2, 0.25) is 0 Å². The Morgan fingerprint density at radius 2 is 2.33 bits per heavy atom. The zero-order valence-electron chi connectivity index (χ0n) is 12.9. The summed E-state index contributed by atoms with van der Waals surface area (Å²) in [5, 5.41) is 11.0. The lowest BCUT2D eigenvalue weighted by Crippen LogP contribution is -2.36. The number of rotatable bonds is 4. The van der Waals surface area contributed by atoms with Crippen LogP contribution in [0.3, 0.4) is 0 Å². The maximum absolute atomic E-state index is 12.2. The first kappa shape index (κ1) is 14.6. The van der Waals surface area contributed by atoms with Crippen molar-refractivity contribution in [2.45, 2.75) is 63.5 Å². The van der Waals surface area contributed by atoms with Crippen LogP contribution in [0.4, 0.5) is 0 Å². The Labute approximate surface area is 126 Å². The van der Waals surface area contributed by atoms with Gasteiger partial charge in [0.1, 0.15) is 0 Å². The standard InChI is InChI=1S/C16H26N4O/c1-20-15-7-4-6-14(13(15)11-18-20)19-16(21)9-8-12-5-2-3-10-17-12/h11-12,14,17H,2-10H2,1H3,(H,19,21). The summed E-state index contributed by atoms with van der Waals surface area (Å²) < 4.78 is 1.94. The van der Waals surface area contributed by atoms with Crippen LogP contribution < -0.4 is 10.6 Å². The highest BCUT2D eigenvalue weighted by Gasteiger charge is 2.25. The van der Waals surface area contributed by atoms with E-state index in [1.165, 1.54) is 30.5 Å². The fourth-order valence-corrected chi connectivity index (χ4v) is 3.60. The number of hydrogen-bond acceptors (Lipinski definition) is 3. The molecule has 0 radical (unpaired) electrons. The summed E-state index contributed by atoms with van der Waals surface area (Å²) in [6, 6.07) is 0.694. The molecule has 2 unspecified atom stereocenters. The summed E-state index contributed by atoms with van der Waals surface area (Å²) in [6.45, 7) is 1.11. The van der Waals surface area contributed by atoms with Crippen LogP contribution in [0.25, 0.3) is 0 Å². The second kappa shape index (κ2) is 6.60. The first-order valence-electron chi connectivity index (χ1n) is 8.27. The molecular formula is C16H26N4O. The lowest BCUT2D eigenvalue weighted by molar-refractivity contribution is -0.122. The molecule has 2 atom stereocenters. The molecule has 0 spiro atoms. The summed E-state index contributed by atoms with van der Waals surface area (Å²) >= 11 is 0. The van der Waals surface area contributed by atoms with E-state index in [1.807, 2.05) is 17.9 Å². The molecule has 3 rings (SSSR count). The van der Waals surface area contributed by atoms with Gasteiger partial charge in [0.2, 0.25) is 5.91 Å². The van der Waals surface area contributed by atoms with E-state index in [0.29, 0.717) is 12.5 Å². The summed E-state index contributed by atoms with van der Waals surface area (Å²) in [5.74, 6) is 0.184. The van der Waals surface area contributed by atoms with E-state index in [-0.39, 0.29) is 11.9 Å². The molecule has 1 fully saturated rings. The van der Waals surface area contributed by atoms with Crippen LogP contribution in [0.1, 0.15) is 62.2 Å². The molecule has 2 heterocycles. The van der Waals surface area contributed by atoms with Crippen molar-refractivity contribution in [2.24, 2.45) is 7.05 Å². The van der Waals surface area contributed by atoms with Crippen molar-refractivity contribution in [3.63, 3.8) is 0 Å². The fourth-order valence-electron chi connectivity index (χ4n) is 3.60. The largest absolute Gasteiger partial charge is 0.349 e. The van der Waals surface area contributed by atoms with E-state index in [4.69, 9.17) is 0 Å². The van der Waals surface area contributed by atoms with E-state index < -0.39 is 0 Å². The maximum atomic E-state index is 12.2. The normalized spacial score (nSPS) is 25.4. The van der Waals surface area contributed by atoms with E-state index in [2.05, 4.69) is 15.7 Å². The Hall–Kier alpha value is -1.36. The molecule has 1 saturated heterocycles. The minimum absolute atomic E-state index is 0.161. The number of aromatic nitrogens is 2. The predicted molar refractivity (Wildman–Crippen MR) is 81.9 cm³/mol. The van der Waals surface area contributed by atoms with Crippen molar-refractivity contribution in [1.29, 1.82) is 0 Å². The van der Waals surface area contributed by atoms with Crippen molar-refractivity contribution in [3.8, 4) is 0 Å². The highest BCUT2D eigenvalue weighted by molar-refractivity contribution is 5.76. The number of fused-ring (bicyclic) bond motifs is 1. The Morgan fingerprint density at radius 3 is 3.14 bits per heavy atom. The van der Waals surface area contributed by atoms with Crippen LogP contribution >= 0.6 is 0 Å². The van der Waals surface area contributed by atoms with E-state index >= 15 is 0 Å². The molecule has 2 aliphatic rings. The van der Waals surface area contributed by atoms with E-state index in [1.54, 1.807) is 0 Å². The van der Waals surface area contributed by atoms with Gasteiger partial charge >= 0.3 is 0 Å². The molecule has 0 aromatic carbocycles. The molecule has 5 nitrogen and oxygen atoms in total. The van der Waals surface area contributed by atoms with Gasteiger partial charge in [-0.3, -0.25) is 9.48 Å². The number of nitrogens with zero attached hydrogens (tertiary/aromatic N) is 2. The molecular weight excluding hydrogens is 264 g/mol. The summed E-state index contributed by atoms with van der Waals surface area (Å²) in [4.78, 5) is 12.2. The first-order chi connectivity index (χ1) is 10.2. The SMILES string of the molecule is Cn1ncc2c1CCCC2NC(=O)CCC1CCCCN1. The van der Waals surface area contributed by atoms with Crippen LogP contribution in [0.15, 0.2) is 6.20 Å². The Kier molecular flexibility index (Phi) is 4.58. The Balaban J connectivity index is 1.51. The molecule has 1 amide bonds. The highest BCUT2D eigenvalue weighted by Crippen LogP contribution is 2.29. The van der Waals surface area contributed by atoms with Gasteiger partial charge < -0.3 is 10.6 Å². The molecule has 21 heavy (non-hydrogen) atoms. The third kappa shape index (κ3) is 3.46. The second-order valence-electron chi connectivity index (χ2n) is 6.37. The topological polar surface area (TPSA) is 59.0 Å². The molecule has 1 aliphatic heterocycles. The number of carbonyl (C=O) groups is 1. The summed E-state index contributed by atoms with van der Waals surface area (Å²) in [5.41, 5.74) is 2.49. The van der Waals surface area contributed by atoms with Gasteiger partial charge in [0.15, 0.2) is 0 Å². The van der Waals surface area contributed by atoms with Crippen molar-refractivity contribution in [3.05, 3.63) is 17.5 Å². The molecule has 0 bridgehead atoms. The first-order valence-corrected chi connectivity index (χ1v) is 8.27. The zero-order valence-corrected chi connectivity index (χ0v) is 12.9. The Morgan fingerprint density at radius 1 is 1.43 bits per heavy atom. The molecule has 5 heteroatoms. The Bertz CT molecular complexity index is 490. The van der Waals surface area contributed by atoms with Crippen molar-refractivity contribution in [1.82, 2.24) is 20.4 Å². The van der Waals surface area contributed by atoms with Crippen molar-refractivity contribution >= 4 is 5.91 Å². The number of amides is 1. The van der Waals surface area contributed by atoms with Crippen molar-refractivity contribution < 1.29 is 4.79 Å². The highest BCUT2D eigenvalue weighted by atomic mass is 16.1. The number of aryl methyl sites for hydroxylation is 1. The van der Waals surface area contributed by atoms with Crippen LogP contribution in [-0.2, 0) is 18.3 Å². The van der Waals surface area contributed by atoms with Crippen LogP contribution in [-0.4, -0.2) is 28.3 Å². The molecule has 1 aromatic heterocycles. The number of nitrogens with one attached hydrogen (secondary N) is 2. The maximum Gasteiger partial charge on any atom is 0.220 e. The minimum Gasteiger partial charge on any atom is -0.349 e. The number of carbonyl (C=O) groups excluding carboxylic acids is 1. The number of piperidine rings is 1. The van der Waals surface area contributed by atoms with Crippen LogP contribution in [0, 0.1) is 0 Å². The van der Waals surface area contributed by atoms with E-state index in [0.717, 1.165) is 32.2 Å². The lowest BCUT2D eigenvalue weighted by atomic mass is 9.92. The monoisotopic (exact) mass is 290 g/mol. The minimum atomic E-state index is 0.161. The second-order valence-corrected chi connectivity index (χ2v) is 6.37. The quantitative estimate of drug-likeness (QED) is 0.889. The predicted octanol–water partition coefficient (Wildman–Crippen LogP) is 1.84. The van der Waals surface area contributed by atoms with Gasteiger partial charge in [-0.15, -0.1) is 0 Å². The van der Waals surface area contributed by atoms with Gasteiger partial charge in [-0.2, -0.15) is 5.10 Å². The van der Waals surface area contributed by atoms with Gasteiger partial charge in [0.25, 0.3) is 0 Å². The molecule has 116 valence electrons. The van der Waals surface area contributed by atoms with E-state index in [9.17, 15) is 4.79 Å². The number of hydrogen-bond donors (Lipinski definition) is 2. The third-order valence-corrected chi connectivity index (χ3v) is 4.84. The summed E-state index contributed by atoms with van der Waals surface area (Å²) in [7, 11) is 1.98. The van der Waals surface area contributed by atoms with Gasteiger partial charge in [-0.05, 0) is 45.1 Å². The van der Waals surface area contributed by atoms with Crippen molar-refractivity contribution in [2.75, 3.05) is 6.54 Å². The smallest absolute Gasteiger partial charge is 0.220 e. The third-order valence-electron chi connectivity index (χ3n) is 4.84. The van der Waals surface area contributed by atoms with Gasteiger partial charge in [-0.25, -0.2) is 0 Å². The molecule has 1 aromatic rings. The fraction of sp³-hybridized carbons (Fsp3) is 0.750.